The van der Waals surface area contributed by atoms with Crippen molar-refractivity contribution in [3.63, 3.8) is 0 Å². The van der Waals surface area contributed by atoms with Crippen LogP contribution < -0.4 is 10.6 Å². The van der Waals surface area contributed by atoms with E-state index in [0.717, 1.165) is 22.6 Å². The molecule has 0 unspecified atom stereocenters. The van der Waals surface area contributed by atoms with Crippen molar-refractivity contribution in [2.75, 3.05) is 5.32 Å². The van der Waals surface area contributed by atoms with Gasteiger partial charge in [-0.1, -0.05) is 26.0 Å². The fourth-order valence-electron chi connectivity index (χ4n) is 1.99. The average molecular weight is 314 g/mol. The third-order valence-corrected chi connectivity index (χ3v) is 3.34. The van der Waals surface area contributed by atoms with Gasteiger partial charge in [-0.3, -0.25) is 14.7 Å². The zero-order valence-corrected chi connectivity index (χ0v) is 13.6. The van der Waals surface area contributed by atoms with Crippen molar-refractivity contribution >= 4 is 17.5 Å². The molecule has 0 saturated heterocycles. The number of benzene rings is 1. The van der Waals surface area contributed by atoms with Crippen molar-refractivity contribution in [2.24, 2.45) is 5.92 Å². The first-order valence-corrected chi connectivity index (χ1v) is 7.61. The van der Waals surface area contributed by atoms with Crippen LogP contribution in [-0.2, 0) is 22.6 Å². The number of nitrogens with zero attached hydrogens (tertiary/aromatic N) is 1. The summed E-state index contributed by atoms with van der Waals surface area (Å²) in [6, 6.07) is 9.29. The first-order valence-electron chi connectivity index (χ1n) is 7.61. The SMILES string of the molecule is Cc1cc(CC(=O)NCc2ccc(NC(=O)C(C)C)cc2)n[nH]1. The van der Waals surface area contributed by atoms with Crippen molar-refractivity contribution in [1.82, 2.24) is 15.5 Å². The van der Waals surface area contributed by atoms with Crippen LogP contribution in [0.3, 0.4) is 0 Å². The van der Waals surface area contributed by atoms with Crippen molar-refractivity contribution in [2.45, 2.75) is 33.7 Å². The summed E-state index contributed by atoms with van der Waals surface area (Å²) >= 11 is 0. The summed E-state index contributed by atoms with van der Waals surface area (Å²) < 4.78 is 0. The van der Waals surface area contributed by atoms with Crippen LogP contribution in [0.4, 0.5) is 5.69 Å². The fourth-order valence-corrected chi connectivity index (χ4v) is 1.99. The molecule has 3 N–H and O–H groups in total. The number of hydrogen-bond acceptors (Lipinski definition) is 3. The van der Waals surface area contributed by atoms with E-state index in [0.29, 0.717) is 6.54 Å². The van der Waals surface area contributed by atoms with Gasteiger partial charge in [0.2, 0.25) is 11.8 Å². The zero-order chi connectivity index (χ0) is 16.8. The van der Waals surface area contributed by atoms with Gasteiger partial charge in [-0.15, -0.1) is 0 Å². The van der Waals surface area contributed by atoms with Gasteiger partial charge >= 0.3 is 0 Å². The summed E-state index contributed by atoms with van der Waals surface area (Å²) in [7, 11) is 0. The summed E-state index contributed by atoms with van der Waals surface area (Å²) in [4.78, 5) is 23.5. The van der Waals surface area contributed by atoms with Crippen LogP contribution in [0, 0.1) is 12.8 Å². The second kappa shape index (κ2) is 7.58. The van der Waals surface area contributed by atoms with E-state index in [1.807, 2.05) is 51.1 Å². The van der Waals surface area contributed by atoms with E-state index < -0.39 is 0 Å². The Hall–Kier alpha value is -2.63. The van der Waals surface area contributed by atoms with E-state index in [9.17, 15) is 9.59 Å². The van der Waals surface area contributed by atoms with Crippen molar-refractivity contribution < 1.29 is 9.59 Å². The Morgan fingerprint density at radius 3 is 2.48 bits per heavy atom. The molecule has 6 nitrogen and oxygen atoms in total. The summed E-state index contributed by atoms with van der Waals surface area (Å²) in [6.45, 7) is 6.04. The smallest absolute Gasteiger partial charge is 0.226 e. The second-order valence-electron chi connectivity index (χ2n) is 5.84. The molecule has 0 aliphatic carbocycles. The lowest BCUT2D eigenvalue weighted by atomic mass is 10.1. The minimum atomic E-state index is -0.0753. The monoisotopic (exact) mass is 314 g/mol. The molecule has 0 saturated carbocycles. The van der Waals surface area contributed by atoms with Gasteiger partial charge in [-0.2, -0.15) is 5.10 Å². The molecule has 0 atom stereocenters. The fraction of sp³-hybridized carbons (Fsp3) is 0.353. The Bertz CT molecular complexity index is 674. The van der Waals surface area contributed by atoms with E-state index in [1.165, 1.54) is 0 Å². The predicted octanol–water partition coefficient (Wildman–Crippen LogP) is 2.17. The molecule has 1 heterocycles. The van der Waals surface area contributed by atoms with Crippen LogP contribution in [0.15, 0.2) is 30.3 Å². The van der Waals surface area contributed by atoms with E-state index in [-0.39, 0.29) is 24.2 Å². The molecule has 0 spiro atoms. The van der Waals surface area contributed by atoms with Gasteiger partial charge in [0, 0.05) is 23.8 Å². The minimum absolute atomic E-state index is 0.0136. The minimum Gasteiger partial charge on any atom is -0.352 e. The highest BCUT2D eigenvalue weighted by atomic mass is 16.2. The van der Waals surface area contributed by atoms with Gasteiger partial charge < -0.3 is 10.6 Å². The largest absolute Gasteiger partial charge is 0.352 e. The van der Waals surface area contributed by atoms with Gasteiger partial charge in [-0.25, -0.2) is 0 Å². The third-order valence-electron chi connectivity index (χ3n) is 3.34. The van der Waals surface area contributed by atoms with Crippen molar-refractivity contribution in [3.8, 4) is 0 Å². The number of aryl methyl sites for hydroxylation is 1. The quantitative estimate of drug-likeness (QED) is 0.763. The van der Waals surface area contributed by atoms with E-state index >= 15 is 0 Å². The molecule has 1 aromatic heterocycles. The molecule has 0 bridgehead atoms. The van der Waals surface area contributed by atoms with Crippen LogP contribution in [0.2, 0.25) is 0 Å². The molecule has 2 amide bonds. The lowest BCUT2D eigenvalue weighted by Gasteiger charge is -2.09. The Balaban J connectivity index is 1.81. The Kier molecular flexibility index (Phi) is 5.51. The van der Waals surface area contributed by atoms with E-state index in [2.05, 4.69) is 20.8 Å². The van der Waals surface area contributed by atoms with Crippen molar-refractivity contribution in [1.29, 1.82) is 0 Å². The molecule has 2 aromatic rings. The first-order chi connectivity index (χ1) is 10.9. The number of aromatic nitrogens is 2. The van der Waals surface area contributed by atoms with Crippen LogP contribution >= 0.6 is 0 Å². The molecule has 122 valence electrons. The summed E-state index contributed by atoms with van der Waals surface area (Å²) in [5.41, 5.74) is 3.39. The zero-order valence-electron chi connectivity index (χ0n) is 13.6. The molecule has 0 aliphatic heterocycles. The van der Waals surface area contributed by atoms with Gasteiger partial charge in [0.15, 0.2) is 0 Å². The maximum Gasteiger partial charge on any atom is 0.226 e. The van der Waals surface area contributed by atoms with Crippen LogP contribution in [-0.4, -0.2) is 22.0 Å². The van der Waals surface area contributed by atoms with Crippen LogP contribution in [0.1, 0.15) is 30.8 Å². The first kappa shape index (κ1) is 16.7. The number of hydrogen-bond donors (Lipinski definition) is 3. The molecular formula is C17H22N4O2. The van der Waals surface area contributed by atoms with E-state index in [4.69, 9.17) is 0 Å². The maximum atomic E-state index is 11.9. The van der Waals surface area contributed by atoms with Gasteiger partial charge in [0.05, 0.1) is 12.1 Å². The molecule has 1 aromatic carbocycles. The highest BCUT2D eigenvalue weighted by molar-refractivity contribution is 5.92. The second-order valence-corrected chi connectivity index (χ2v) is 5.84. The summed E-state index contributed by atoms with van der Waals surface area (Å²) in [5.74, 6) is -0.145. The third kappa shape index (κ3) is 5.25. The maximum absolute atomic E-state index is 11.9. The molecule has 0 aliphatic rings. The molecule has 2 rings (SSSR count). The number of aromatic amines is 1. The number of nitrogens with one attached hydrogen (secondary N) is 3. The number of carbonyl (C=O) groups is 2. The normalized spacial score (nSPS) is 10.6. The highest BCUT2D eigenvalue weighted by Gasteiger charge is 2.08. The van der Waals surface area contributed by atoms with Gasteiger partial charge in [-0.05, 0) is 30.7 Å². The average Bonchev–Trinajstić information content (AvgIpc) is 2.91. The molecule has 23 heavy (non-hydrogen) atoms. The number of carbonyl (C=O) groups excluding carboxylic acids is 2. The lowest BCUT2D eigenvalue weighted by Crippen LogP contribution is -2.24. The lowest BCUT2D eigenvalue weighted by molar-refractivity contribution is -0.120. The van der Waals surface area contributed by atoms with E-state index in [1.54, 1.807) is 0 Å². The molecule has 0 fully saturated rings. The standard InChI is InChI=1S/C17H22N4O2/c1-11(2)17(23)19-14-6-4-13(5-7-14)10-18-16(22)9-15-8-12(3)20-21-15/h4-8,11H,9-10H2,1-3H3,(H,18,22)(H,19,23)(H,20,21). The van der Waals surface area contributed by atoms with Crippen LogP contribution in [0.5, 0.6) is 0 Å². The molecular weight excluding hydrogens is 292 g/mol. The number of rotatable bonds is 6. The molecule has 6 heteroatoms. The Morgan fingerprint density at radius 1 is 1.22 bits per heavy atom. The highest BCUT2D eigenvalue weighted by Crippen LogP contribution is 2.11. The van der Waals surface area contributed by atoms with Crippen LogP contribution in [0.25, 0.3) is 0 Å². The van der Waals surface area contributed by atoms with Gasteiger partial charge in [0.25, 0.3) is 0 Å². The Morgan fingerprint density at radius 2 is 1.91 bits per heavy atom. The van der Waals surface area contributed by atoms with Gasteiger partial charge in [0.1, 0.15) is 0 Å². The molecule has 0 radical (unpaired) electrons. The summed E-state index contributed by atoms with van der Waals surface area (Å²) in [5, 5.41) is 12.5. The number of anilines is 1. The summed E-state index contributed by atoms with van der Waals surface area (Å²) in [6.07, 6.45) is 0.257. The number of H-pyrrole nitrogens is 1. The number of amides is 2. The Labute approximate surface area is 135 Å². The predicted molar refractivity (Wildman–Crippen MR) is 88.8 cm³/mol. The topological polar surface area (TPSA) is 86.9 Å². The van der Waals surface area contributed by atoms with Crippen molar-refractivity contribution in [3.05, 3.63) is 47.3 Å².